The number of benzene rings is 1. The van der Waals surface area contributed by atoms with Gasteiger partial charge in [0.2, 0.25) is 0 Å². The number of aromatic carboxylic acids is 1. The molecule has 0 saturated heterocycles. The molecule has 0 fully saturated rings. The molecule has 0 spiro atoms. The fourth-order valence-electron chi connectivity index (χ4n) is 1.93. The number of nitrogens with one attached hydrogen (secondary N) is 1. The molecular weight excluding hydrogens is 344 g/mol. The number of carboxylic acids is 1. The summed E-state index contributed by atoms with van der Waals surface area (Å²) in [4.78, 5) is 30.5. The molecule has 5 nitrogen and oxygen atoms in total. The molecular formula is C14H9ClN2O3S2. The maximum atomic E-state index is 12.1. The summed E-state index contributed by atoms with van der Waals surface area (Å²) in [5.74, 6) is -0.524. The fourth-order valence-corrected chi connectivity index (χ4v) is 3.92. The van der Waals surface area contributed by atoms with Crippen LogP contribution in [0.5, 0.6) is 0 Å². The topological polar surface area (TPSA) is 83.0 Å². The number of aromatic nitrogens is 2. The van der Waals surface area contributed by atoms with Crippen LogP contribution >= 0.6 is 34.7 Å². The van der Waals surface area contributed by atoms with E-state index in [9.17, 15) is 9.59 Å². The predicted molar refractivity (Wildman–Crippen MR) is 88.2 cm³/mol. The standard InChI is InChI=1S/C14H9ClN2O3S2/c15-8-3-1-2-7(4-8)5-22-14-16-11(18)10-9(13(19)20)6-21-12(10)17-14/h1-4,6H,5H2,(H,19,20)(H,16,17,18). The van der Waals surface area contributed by atoms with Crippen LogP contribution in [0.4, 0.5) is 0 Å². The van der Waals surface area contributed by atoms with Crippen molar-refractivity contribution in [2.24, 2.45) is 0 Å². The Morgan fingerprint density at radius 1 is 1.45 bits per heavy atom. The first kappa shape index (κ1) is 15.1. The van der Waals surface area contributed by atoms with E-state index in [1.54, 1.807) is 6.07 Å². The highest BCUT2D eigenvalue weighted by atomic mass is 35.5. The molecule has 0 bridgehead atoms. The van der Waals surface area contributed by atoms with Gasteiger partial charge in [-0.25, -0.2) is 9.78 Å². The highest BCUT2D eigenvalue weighted by Gasteiger charge is 2.16. The highest BCUT2D eigenvalue weighted by Crippen LogP contribution is 2.25. The Kier molecular flexibility index (Phi) is 4.19. The smallest absolute Gasteiger partial charge is 0.337 e. The summed E-state index contributed by atoms with van der Waals surface area (Å²) in [6.07, 6.45) is 0. The van der Waals surface area contributed by atoms with Gasteiger partial charge in [-0.2, -0.15) is 0 Å². The van der Waals surface area contributed by atoms with Crippen molar-refractivity contribution in [2.75, 3.05) is 0 Å². The first-order valence-corrected chi connectivity index (χ1v) is 8.41. The summed E-state index contributed by atoms with van der Waals surface area (Å²) in [5.41, 5.74) is 0.565. The number of H-pyrrole nitrogens is 1. The molecule has 1 aromatic carbocycles. The molecule has 2 N–H and O–H groups in total. The first-order chi connectivity index (χ1) is 10.5. The zero-order chi connectivity index (χ0) is 15.7. The molecule has 0 radical (unpaired) electrons. The molecule has 0 amide bonds. The van der Waals surface area contributed by atoms with Gasteiger partial charge in [-0.3, -0.25) is 4.79 Å². The van der Waals surface area contributed by atoms with E-state index in [4.69, 9.17) is 16.7 Å². The SMILES string of the molecule is O=C(O)c1csc2nc(SCc3cccc(Cl)c3)[nH]c(=O)c12. The third kappa shape index (κ3) is 3.01. The lowest BCUT2D eigenvalue weighted by molar-refractivity contribution is 0.0699. The molecule has 0 atom stereocenters. The van der Waals surface area contributed by atoms with Gasteiger partial charge in [0, 0.05) is 16.2 Å². The van der Waals surface area contributed by atoms with Crippen LogP contribution in [0.3, 0.4) is 0 Å². The van der Waals surface area contributed by atoms with Crippen LogP contribution < -0.4 is 5.56 Å². The molecule has 0 saturated carbocycles. The maximum Gasteiger partial charge on any atom is 0.337 e. The van der Waals surface area contributed by atoms with Gasteiger partial charge in [0.05, 0.1) is 10.9 Å². The third-order valence-corrected chi connectivity index (χ3v) is 4.97. The van der Waals surface area contributed by atoms with Crippen LogP contribution in [0, 0.1) is 0 Å². The number of hydrogen-bond acceptors (Lipinski definition) is 5. The van der Waals surface area contributed by atoms with Crippen molar-refractivity contribution in [3.8, 4) is 0 Å². The minimum atomic E-state index is -1.13. The van der Waals surface area contributed by atoms with Crippen LogP contribution in [0.1, 0.15) is 15.9 Å². The van der Waals surface area contributed by atoms with Crippen molar-refractivity contribution in [2.45, 2.75) is 10.9 Å². The van der Waals surface area contributed by atoms with Gasteiger partial charge in [-0.15, -0.1) is 11.3 Å². The molecule has 0 unspecified atom stereocenters. The van der Waals surface area contributed by atoms with Gasteiger partial charge < -0.3 is 10.1 Å². The van der Waals surface area contributed by atoms with Crippen molar-refractivity contribution in [3.63, 3.8) is 0 Å². The van der Waals surface area contributed by atoms with Gasteiger partial charge in [0.15, 0.2) is 5.16 Å². The zero-order valence-corrected chi connectivity index (χ0v) is 13.4. The van der Waals surface area contributed by atoms with E-state index in [-0.39, 0.29) is 10.9 Å². The minimum Gasteiger partial charge on any atom is -0.478 e. The highest BCUT2D eigenvalue weighted by molar-refractivity contribution is 7.98. The summed E-state index contributed by atoms with van der Waals surface area (Å²) >= 11 is 8.44. The fraction of sp³-hybridized carbons (Fsp3) is 0.0714. The Morgan fingerprint density at radius 2 is 2.27 bits per heavy atom. The van der Waals surface area contributed by atoms with E-state index in [2.05, 4.69) is 9.97 Å². The average molecular weight is 353 g/mol. The number of thiophene rings is 1. The quantitative estimate of drug-likeness (QED) is 0.553. The molecule has 0 aliphatic carbocycles. The van der Waals surface area contributed by atoms with E-state index < -0.39 is 11.5 Å². The molecule has 112 valence electrons. The summed E-state index contributed by atoms with van der Waals surface area (Å²) in [6, 6.07) is 7.43. The van der Waals surface area contributed by atoms with E-state index in [0.29, 0.717) is 20.8 Å². The normalized spacial score (nSPS) is 11.0. The van der Waals surface area contributed by atoms with Crippen molar-refractivity contribution in [1.82, 2.24) is 9.97 Å². The van der Waals surface area contributed by atoms with Crippen LogP contribution in [0.15, 0.2) is 39.6 Å². The molecule has 0 aliphatic heterocycles. The van der Waals surface area contributed by atoms with Gasteiger partial charge in [-0.05, 0) is 17.7 Å². The van der Waals surface area contributed by atoms with E-state index in [1.165, 1.54) is 17.1 Å². The lowest BCUT2D eigenvalue weighted by Gasteiger charge is -2.02. The molecule has 8 heteroatoms. The summed E-state index contributed by atoms with van der Waals surface area (Å²) in [7, 11) is 0. The second-order valence-electron chi connectivity index (χ2n) is 4.42. The van der Waals surface area contributed by atoms with Crippen molar-refractivity contribution < 1.29 is 9.90 Å². The molecule has 2 heterocycles. The maximum absolute atomic E-state index is 12.1. The van der Waals surface area contributed by atoms with E-state index in [0.717, 1.165) is 16.9 Å². The Bertz CT molecular complexity index is 920. The Labute approximate surface area is 138 Å². The van der Waals surface area contributed by atoms with Crippen molar-refractivity contribution in [3.05, 3.63) is 56.1 Å². The molecule has 0 aliphatic rings. The van der Waals surface area contributed by atoms with Crippen LogP contribution in [-0.4, -0.2) is 21.0 Å². The Hall–Kier alpha value is -1.83. The van der Waals surface area contributed by atoms with Crippen LogP contribution in [0.25, 0.3) is 10.2 Å². The number of hydrogen-bond donors (Lipinski definition) is 2. The molecule has 2 aromatic heterocycles. The van der Waals surface area contributed by atoms with Gasteiger partial charge >= 0.3 is 5.97 Å². The third-order valence-electron chi connectivity index (χ3n) is 2.92. The molecule has 3 rings (SSSR count). The van der Waals surface area contributed by atoms with Crippen LogP contribution in [-0.2, 0) is 5.75 Å². The Balaban J connectivity index is 1.89. The largest absolute Gasteiger partial charge is 0.478 e. The molecule has 22 heavy (non-hydrogen) atoms. The monoisotopic (exact) mass is 352 g/mol. The lowest BCUT2D eigenvalue weighted by Crippen LogP contribution is -2.11. The average Bonchev–Trinajstić information content (AvgIpc) is 2.90. The number of nitrogens with zero attached hydrogens (tertiary/aromatic N) is 1. The summed E-state index contributed by atoms with van der Waals surface area (Å²) < 4.78 is 0. The molecule has 3 aromatic rings. The van der Waals surface area contributed by atoms with Crippen molar-refractivity contribution >= 4 is 50.9 Å². The zero-order valence-electron chi connectivity index (χ0n) is 11.0. The van der Waals surface area contributed by atoms with E-state index in [1.807, 2.05) is 18.2 Å². The Morgan fingerprint density at radius 3 is 3.00 bits per heavy atom. The lowest BCUT2D eigenvalue weighted by atomic mass is 10.2. The van der Waals surface area contributed by atoms with Crippen LogP contribution in [0.2, 0.25) is 5.02 Å². The summed E-state index contributed by atoms with van der Waals surface area (Å²) in [5, 5.41) is 11.7. The van der Waals surface area contributed by atoms with E-state index >= 15 is 0 Å². The summed E-state index contributed by atoms with van der Waals surface area (Å²) in [6.45, 7) is 0. The van der Waals surface area contributed by atoms with Gasteiger partial charge in [-0.1, -0.05) is 35.5 Å². The number of aromatic amines is 1. The second-order valence-corrected chi connectivity index (χ2v) is 6.68. The number of fused-ring (bicyclic) bond motifs is 1. The minimum absolute atomic E-state index is 0.0138. The van der Waals surface area contributed by atoms with Crippen molar-refractivity contribution in [1.29, 1.82) is 0 Å². The van der Waals surface area contributed by atoms with Gasteiger partial charge in [0.1, 0.15) is 4.83 Å². The van der Waals surface area contributed by atoms with Gasteiger partial charge in [0.25, 0.3) is 5.56 Å². The number of halogens is 1. The first-order valence-electron chi connectivity index (χ1n) is 6.16. The number of thioether (sulfide) groups is 1. The predicted octanol–water partition coefficient (Wildman–Crippen LogP) is 3.63. The number of carbonyl (C=O) groups is 1. The number of rotatable bonds is 4. The second kappa shape index (κ2) is 6.12. The number of carboxylic acid groups (broad SMARTS) is 1.